The highest BCUT2D eigenvalue weighted by Crippen LogP contribution is 2.33. The summed E-state index contributed by atoms with van der Waals surface area (Å²) in [5, 5.41) is 3.09. The number of aromatic nitrogens is 3. The molecule has 4 rings (SSSR count). The molecule has 38 heavy (non-hydrogen) atoms. The summed E-state index contributed by atoms with van der Waals surface area (Å²) >= 11 is 12.1. The summed E-state index contributed by atoms with van der Waals surface area (Å²) in [5.41, 5.74) is 1.32. The van der Waals surface area contributed by atoms with E-state index in [-0.39, 0.29) is 44.5 Å². The molecule has 198 valence electrons. The Morgan fingerprint density at radius 2 is 1.87 bits per heavy atom. The zero-order chi connectivity index (χ0) is 27.6. The van der Waals surface area contributed by atoms with Crippen LogP contribution in [0.5, 0.6) is 5.88 Å². The number of nitrogens with zero attached hydrogens (tertiary/aromatic N) is 3. The van der Waals surface area contributed by atoms with Gasteiger partial charge in [0.2, 0.25) is 11.8 Å². The van der Waals surface area contributed by atoms with Crippen molar-refractivity contribution in [2.45, 2.75) is 18.4 Å². The quantitative estimate of drug-likeness (QED) is 0.325. The van der Waals surface area contributed by atoms with E-state index in [0.717, 1.165) is 0 Å². The van der Waals surface area contributed by atoms with Gasteiger partial charge >= 0.3 is 0 Å². The topological polar surface area (TPSA) is 132 Å². The molecule has 0 saturated carbocycles. The third-order valence-electron chi connectivity index (χ3n) is 5.79. The highest BCUT2D eigenvalue weighted by molar-refractivity contribution is 7.92. The Labute approximate surface area is 228 Å². The Kier molecular flexibility index (Phi) is 7.91. The van der Waals surface area contributed by atoms with Crippen molar-refractivity contribution in [1.82, 2.24) is 19.9 Å². The molecule has 0 unspecified atom stereocenters. The molecule has 0 bridgehead atoms. The van der Waals surface area contributed by atoms with Gasteiger partial charge in [-0.25, -0.2) is 18.4 Å². The van der Waals surface area contributed by atoms with Gasteiger partial charge in [-0.2, -0.15) is 0 Å². The SMILES string of the molecule is CNC(=O)[C@@H](C)Cn1cnc2ccc(-c3cnc(OC)c(NS(=O)(=O)c4cc(Cl)ccc4Cl)c3)cc2c1=O. The standard InChI is InChI=1S/C25H23Cl2N5O5S/c1-14(23(33)28-2)12-32-13-30-20-7-4-15(8-18(20)25(32)34)16-9-21(24(37-3)29-11-16)31-38(35,36)22-10-17(26)5-6-19(22)27/h4-11,13-14,31H,12H2,1-3H3,(H,28,33)/t14-/m0/s1. The normalized spacial score (nSPS) is 12.2. The molecule has 0 radical (unpaired) electrons. The summed E-state index contributed by atoms with van der Waals surface area (Å²) in [6.45, 7) is 1.88. The first-order valence-electron chi connectivity index (χ1n) is 11.3. The predicted octanol–water partition coefficient (Wildman–Crippen LogP) is 3.96. The molecule has 0 aliphatic rings. The Bertz CT molecular complexity index is 1710. The number of ether oxygens (including phenoxy) is 1. The van der Waals surface area contributed by atoms with E-state index in [0.29, 0.717) is 22.0 Å². The van der Waals surface area contributed by atoms with Crippen LogP contribution in [-0.2, 0) is 21.4 Å². The number of sulfonamides is 1. The molecule has 2 N–H and O–H groups in total. The monoisotopic (exact) mass is 575 g/mol. The van der Waals surface area contributed by atoms with E-state index in [4.69, 9.17) is 27.9 Å². The molecule has 13 heteroatoms. The van der Waals surface area contributed by atoms with Gasteiger partial charge in [0.25, 0.3) is 15.6 Å². The van der Waals surface area contributed by atoms with E-state index in [1.54, 1.807) is 25.1 Å². The number of pyridine rings is 1. The van der Waals surface area contributed by atoms with E-state index < -0.39 is 15.9 Å². The first kappa shape index (κ1) is 27.4. The van der Waals surface area contributed by atoms with Gasteiger partial charge in [-0.3, -0.25) is 18.9 Å². The van der Waals surface area contributed by atoms with E-state index >= 15 is 0 Å². The lowest BCUT2D eigenvalue weighted by molar-refractivity contribution is -0.124. The van der Waals surface area contributed by atoms with Gasteiger partial charge in [0.05, 0.1) is 35.3 Å². The molecule has 0 fully saturated rings. The number of halogens is 2. The molecular formula is C25H23Cl2N5O5S. The molecule has 4 aromatic rings. The Hall–Kier alpha value is -3.67. The van der Waals surface area contributed by atoms with Gasteiger partial charge in [0, 0.05) is 30.4 Å². The average Bonchev–Trinajstić information content (AvgIpc) is 2.90. The van der Waals surface area contributed by atoms with Crippen molar-refractivity contribution in [1.29, 1.82) is 0 Å². The smallest absolute Gasteiger partial charge is 0.263 e. The lowest BCUT2D eigenvalue weighted by Gasteiger charge is -2.14. The summed E-state index contributed by atoms with van der Waals surface area (Å²) in [6, 6.07) is 10.7. The lowest BCUT2D eigenvalue weighted by atomic mass is 10.0. The fourth-order valence-corrected chi connectivity index (χ4v) is 5.63. The summed E-state index contributed by atoms with van der Waals surface area (Å²) in [7, 11) is -1.26. The van der Waals surface area contributed by atoms with E-state index in [9.17, 15) is 18.0 Å². The minimum Gasteiger partial charge on any atom is -0.480 e. The van der Waals surface area contributed by atoms with Crippen molar-refractivity contribution >= 4 is 55.7 Å². The summed E-state index contributed by atoms with van der Waals surface area (Å²) in [6.07, 6.45) is 2.90. The third-order valence-corrected chi connectivity index (χ3v) is 7.88. The lowest BCUT2D eigenvalue weighted by Crippen LogP contribution is -2.32. The largest absolute Gasteiger partial charge is 0.480 e. The van der Waals surface area contributed by atoms with Gasteiger partial charge in [0.15, 0.2) is 0 Å². The van der Waals surface area contributed by atoms with Crippen LogP contribution < -0.4 is 20.3 Å². The van der Waals surface area contributed by atoms with Crippen LogP contribution in [0, 0.1) is 5.92 Å². The molecule has 0 aliphatic carbocycles. The number of methoxy groups -OCH3 is 1. The average molecular weight is 576 g/mol. The van der Waals surface area contributed by atoms with Crippen LogP contribution in [0.4, 0.5) is 5.69 Å². The Balaban J connectivity index is 1.74. The second kappa shape index (κ2) is 11.0. The molecule has 0 spiro atoms. The Morgan fingerprint density at radius 3 is 2.58 bits per heavy atom. The van der Waals surface area contributed by atoms with E-state index in [1.165, 1.54) is 55.5 Å². The first-order chi connectivity index (χ1) is 18.0. The van der Waals surface area contributed by atoms with Gasteiger partial charge in [-0.1, -0.05) is 36.2 Å². The van der Waals surface area contributed by atoms with Gasteiger partial charge < -0.3 is 10.1 Å². The summed E-state index contributed by atoms with van der Waals surface area (Å²) in [5.74, 6) is -0.595. The highest BCUT2D eigenvalue weighted by Gasteiger charge is 2.22. The number of rotatable bonds is 8. The van der Waals surface area contributed by atoms with Crippen LogP contribution >= 0.6 is 23.2 Å². The van der Waals surface area contributed by atoms with E-state index in [2.05, 4.69) is 20.0 Å². The zero-order valence-electron chi connectivity index (χ0n) is 20.5. The Morgan fingerprint density at radius 1 is 1.11 bits per heavy atom. The number of carbonyl (C=O) groups is 1. The van der Waals surface area contributed by atoms with Gasteiger partial charge in [0.1, 0.15) is 10.6 Å². The molecular weight excluding hydrogens is 553 g/mol. The van der Waals surface area contributed by atoms with Crippen LogP contribution in [0.15, 0.2) is 64.7 Å². The number of hydrogen-bond donors (Lipinski definition) is 2. The minimum absolute atomic E-state index is 0.00553. The molecule has 10 nitrogen and oxygen atoms in total. The number of amides is 1. The second-order valence-electron chi connectivity index (χ2n) is 8.41. The number of benzene rings is 2. The summed E-state index contributed by atoms with van der Waals surface area (Å²) in [4.78, 5) is 33.4. The molecule has 2 aromatic carbocycles. The number of fused-ring (bicyclic) bond motifs is 1. The number of hydrogen-bond acceptors (Lipinski definition) is 7. The molecule has 1 amide bonds. The van der Waals surface area contributed by atoms with Crippen molar-refractivity contribution in [3.8, 4) is 17.0 Å². The van der Waals surface area contributed by atoms with Gasteiger partial charge in [-0.05, 0) is 42.0 Å². The summed E-state index contributed by atoms with van der Waals surface area (Å²) < 4.78 is 35.3. The minimum atomic E-state index is -4.15. The van der Waals surface area contributed by atoms with E-state index in [1.807, 2.05) is 0 Å². The van der Waals surface area contributed by atoms with Crippen molar-refractivity contribution in [2.75, 3.05) is 18.9 Å². The number of carbonyl (C=O) groups excluding carboxylic acids is 1. The fraction of sp³-hybridized carbons (Fsp3) is 0.200. The predicted molar refractivity (Wildman–Crippen MR) is 146 cm³/mol. The third kappa shape index (κ3) is 5.59. The highest BCUT2D eigenvalue weighted by atomic mass is 35.5. The molecule has 0 aliphatic heterocycles. The maximum atomic E-state index is 13.2. The van der Waals surface area contributed by atoms with Crippen molar-refractivity contribution in [2.24, 2.45) is 5.92 Å². The van der Waals surface area contributed by atoms with Crippen LogP contribution in [-0.4, -0.2) is 43.0 Å². The molecule has 2 aromatic heterocycles. The van der Waals surface area contributed by atoms with Crippen LogP contribution in [0.1, 0.15) is 6.92 Å². The van der Waals surface area contributed by atoms with Crippen LogP contribution in [0.25, 0.3) is 22.0 Å². The number of anilines is 1. The van der Waals surface area contributed by atoms with Crippen LogP contribution in [0.3, 0.4) is 0 Å². The van der Waals surface area contributed by atoms with Crippen molar-refractivity contribution in [3.05, 3.63) is 75.4 Å². The van der Waals surface area contributed by atoms with Crippen molar-refractivity contribution in [3.63, 3.8) is 0 Å². The number of nitrogens with one attached hydrogen (secondary N) is 2. The maximum absolute atomic E-state index is 13.2. The second-order valence-corrected chi connectivity index (χ2v) is 10.9. The molecule has 2 heterocycles. The zero-order valence-corrected chi connectivity index (χ0v) is 22.9. The van der Waals surface area contributed by atoms with Gasteiger partial charge in [-0.15, -0.1) is 0 Å². The van der Waals surface area contributed by atoms with Crippen LogP contribution in [0.2, 0.25) is 10.0 Å². The fourth-order valence-electron chi connectivity index (χ4n) is 3.82. The molecule has 0 saturated heterocycles. The molecule has 1 atom stereocenters. The maximum Gasteiger partial charge on any atom is 0.263 e. The first-order valence-corrected chi connectivity index (χ1v) is 13.5. The van der Waals surface area contributed by atoms with Crippen molar-refractivity contribution < 1.29 is 17.9 Å².